The maximum atomic E-state index is 12.1. The van der Waals surface area contributed by atoms with E-state index in [9.17, 15) is 4.79 Å². The summed E-state index contributed by atoms with van der Waals surface area (Å²) in [6.45, 7) is 14.1. The van der Waals surface area contributed by atoms with Gasteiger partial charge in [-0.25, -0.2) is 4.79 Å². The van der Waals surface area contributed by atoms with Crippen LogP contribution in [0.5, 0.6) is 0 Å². The molecule has 4 heteroatoms. The molecule has 0 aromatic heterocycles. The van der Waals surface area contributed by atoms with E-state index in [1.54, 1.807) is 0 Å². The second-order valence-electron chi connectivity index (χ2n) is 7.29. The topological polar surface area (TPSA) is 41.6 Å². The quantitative estimate of drug-likeness (QED) is 0.863. The molecule has 0 bridgehead atoms. The van der Waals surface area contributed by atoms with Crippen LogP contribution in [0.1, 0.15) is 60.8 Å². The standard InChI is InChI=1S/C16H32N2O2/c1-12(2)13(3)17-14-8-7-10-18(11-9-14)15(19)20-16(4,5)6/h12-14,17H,7-11H2,1-6H3. The molecule has 0 saturated carbocycles. The van der Waals surface area contributed by atoms with Crippen LogP contribution in [0.15, 0.2) is 0 Å². The minimum Gasteiger partial charge on any atom is -0.444 e. The summed E-state index contributed by atoms with van der Waals surface area (Å²) in [5, 5.41) is 3.69. The normalized spacial score (nSPS) is 22.6. The molecule has 1 fully saturated rings. The van der Waals surface area contributed by atoms with E-state index >= 15 is 0 Å². The van der Waals surface area contributed by atoms with E-state index in [2.05, 4.69) is 26.1 Å². The van der Waals surface area contributed by atoms with Crippen molar-refractivity contribution in [3.8, 4) is 0 Å². The summed E-state index contributed by atoms with van der Waals surface area (Å²) in [4.78, 5) is 13.9. The van der Waals surface area contributed by atoms with E-state index in [4.69, 9.17) is 4.74 Å². The van der Waals surface area contributed by atoms with Crippen LogP contribution in [-0.2, 0) is 4.74 Å². The Hall–Kier alpha value is -0.770. The smallest absolute Gasteiger partial charge is 0.410 e. The average Bonchev–Trinajstić information content (AvgIpc) is 2.52. The number of nitrogens with one attached hydrogen (secondary N) is 1. The first-order chi connectivity index (χ1) is 9.19. The molecule has 0 spiro atoms. The first-order valence-electron chi connectivity index (χ1n) is 7.93. The third-order valence-electron chi connectivity index (χ3n) is 3.88. The van der Waals surface area contributed by atoms with Crippen LogP contribution in [0.2, 0.25) is 0 Å². The Balaban J connectivity index is 2.45. The number of amides is 1. The monoisotopic (exact) mass is 284 g/mol. The molecule has 1 aliphatic rings. The van der Waals surface area contributed by atoms with Crippen LogP contribution < -0.4 is 5.32 Å². The number of ether oxygens (including phenoxy) is 1. The van der Waals surface area contributed by atoms with Crippen LogP contribution in [0.4, 0.5) is 4.79 Å². The largest absolute Gasteiger partial charge is 0.444 e. The minimum absolute atomic E-state index is 0.171. The van der Waals surface area contributed by atoms with Gasteiger partial charge in [-0.3, -0.25) is 0 Å². The maximum Gasteiger partial charge on any atom is 0.410 e. The predicted octanol–water partition coefficient (Wildman–Crippen LogP) is 3.41. The minimum atomic E-state index is -0.410. The SMILES string of the molecule is CC(C)C(C)NC1CCCN(C(=O)OC(C)(C)C)CC1. The molecule has 1 heterocycles. The molecule has 1 aliphatic heterocycles. The van der Waals surface area contributed by atoms with Crippen molar-refractivity contribution in [3.05, 3.63) is 0 Å². The zero-order valence-corrected chi connectivity index (χ0v) is 14.0. The summed E-state index contributed by atoms with van der Waals surface area (Å²) in [6.07, 6.45) is 3.02. The second-order valence-corrected chi connectivity index (χ2v) is 7.29. The van der Waals surface area contributed by atoms with E-state index in [1.165, 1.54) is 0 Å². The third kappa shape index (κ3) is 6.12. The lowest BCUT2D eigenvalue weighted by atomic mass is 10.0. The van der Waals surface area contributed by atoms with E-state index in [1.807, 2.05) is 25.7 Å². The summed E-state index contributed by atoms with van der Waals surface area (Å²) in [6, 6.07) is 1.04. The lowest BCUT2D eigenvalue weighted by Crippen LogP contribution is -2.41. The maximum absolute atomic E-state index is 12.1. The lowest BCUT2D eigenvalue weighted by molar-refractivity contribution is 0.0256. The van der Waals surface area contributed by atoms with Gasteiger partial charge in [-0.1, -0.05) is 13.8 Å². The van der Waals surface area contributed by atoms with E-state index in [-0.39, 0.29) is 6.09 Å². The zero-order chi connectivity index (χ0) is 15.3. The zero-order valence-electron chi connectivity index (χ0n) is 14.0. The molecule has 0 aromatic rings. The van der Waals surface area contributed by atoms with Gasteiger partial charge >= 0.3 is 6.09 Å². The number of hydrogen-bond acceptors (Lipinski definition) is 3. The van der Waals surface area contributed by atoms with Crippen molar-refractivity contribution in [2.75, 3.05) is 13.1 Å². The Morgan fingerprint density at radius 3 is 2.40 bits per heavy atom. The number of carbonyl (C=O) groups is 1. The van der Waals surface area contributed by atoms with Gasteiger partial charge in [0.25, 0.3) is 0 Å². The molecular weight excluding hydrogens is 252 g/mol. The van der Waals surface area contributed by atoms with Gasteiger partial charge in [0.1, 0.15) is 5.60 Å². The van der Waals surface area contributed by atoms with Gasteiger partial charge in [-0.15, -0.1) is 0 Å². The van der Waals surface area contributed by atoms with E-state index in [0.29, 0.717) is 18.0 Å². The number of hydrogen-bond donors (Lipinski definition) is 1. The van der Waals surface area contributed by atoms with Crippen molar-refractivity contribution in [3.63, 3.8) is 0 Å². The van der Waals surface area contributed by atoms with Gasteiger partial charge in [0.05, 0.1) is 0 Å². The van der Waals surface area contributed by atoms with Gasteiger partial charge in [0.2, 0.25) is 0 Å². The van der Waals surface area contributed by atoms with Crippen molar-refractivity contribution in [1.82, 2.24) is 10.2 Å². The summed E-state index contributed by atoms with van der Waals surface area (Å²) < 4.78 is 5.45. The summed E-state index contributed by atoms with van der Waals surface area (Å²) >= 11 is 0. The Bertz CT molecular complexity index is 310. The fraction of sp³-hybridized carbons (Fsp3) is 0.938. The van der Waals surface area contributed by atoms with Crippen molar-refractivity contribution in [2.24, 2.45) is 5.92 Å². The van der Waals surface area contributed by atoms with Crippen molar-refractivity contribution in [1.29, 1.82) is 0 Å². The molecule has 0 radical (unpaired) electrons. The highest BCUT2D eigenvalue weighted by atomic mass is 16.6. The van der Waals surface area contributed by atoms with Crippen LogP contribution in [0.25, 0.3) is 0 Å². The number of likely N-dealkylation sites (tertiary alicyclic amines) is 1. The third-order valence-corrected chi connectivity index (χ3v) is 3.88. The summed E-state index contributed by atoms with van der Waals surface area (Å²) in [5.41, 5.74) is -0.410. The number of rotatable bonds is 3. The van der Waals surface area contributed by atoms with Crippen LogP contribution in [-0.4, -0.2) is 41.8 Å². The van der Waals surface area contributed by atoms with Gasteiger partial charge in [-0.2, -0.15) is 0 Å². The molecule has 20 heavy (non-hydrogen) atoms. The Labute approximate surface area is 124 Å². The highest BCUT2D eigenvalue weighted by molar-refractivity contribution is 5.68. The fourth-order valence-corrected chi connectivity index (χ4v) is 2.34. The lowest BCUT2D eigenvalue weighted by Gasteiger charge is -2.27. The van der Waals surface area contributed by atoms with Crippen molar-refractivity contribution < 1.29 is 9.53 Å². The Morgan fingerprint density at radius 1 is 1.20 bits per heavy atom. The molecule has 1 amide bonds. The van der Waals surface area contributed by atoms with Crippen LogP contribution >= 0.6 is 0 Å². The fourth-order valence-electron chi connectivity index (χ4n) is 2.34. The first kappa shape index (κ1) is 17.3. The van der Waals surface area contributed by atoms with Crippen LogP contribution in [0.3, 0.4) is 0 Å². The molecule has 118 valence electrons. The highest BCUT2D eigenvalue weighted by Crippen LogP contribution is 2.16. The van der Waals surface area contributed by atoms with E-state index < -0.39 is 5.60 Å². The molecular formula is C16H32N2O2. The number of nitrogens with zero attached hydrogens (tertiary/aromatic N) is 1. The molecule has 0 aromatic carbocycles. The van der Waals surface area contributed by atoms with Gasteiger partial charge in [0, 0.05) is 25.2 Å². The molecule has 1 rings (SSSR count). The summed E-state index contributed by atoms with van der Waals surface area (Å²) in [7, 11) is 0. The molecule has 2 unspecified atom stereocenters. The number of carbonyl (C=O) groups excluding carboxylic acids is 1. The highest BCUT2D eigenvalue weighted by Gasteiger charge is 2.25. The van der Waals surface area contributed by atoms with Gasteiger partial charge in [-0.05, 0) is 52.9 Å². The first-order valence-corrected chi connectivity index (χ1v) is 7.93. The molecule has 1 saturated heterocycles. The average molecular weight is 284 g/mol. The molecule has 4 nitrogen and oxygen atoms in total. The van der Waals surface area contributed by atoms with E-state index in [0.717, 1.165) is 32.4 Å². The Kier molecular flexibility index (Phi) is 6.31. The van der Waals surface area contributed by atoms with Gasteiger partial charge in [0.15, 0.2) is 0 Å². The molecule has 1 N–H and O–H groups in total. The van der Waals surface area contributed by atoms with Crippen molar-refractivity contribution >= 4 is 6.09 Å². The summed E-state index contributed by atoms with van der Waals surface area (Å²) in [5.74, 6) is 0.639. The van der Waals surface area contributed by atoms with Gasteiger partial charge < -0.3 is 15.0 Å². The molecule has 0 aliphatic carbocycles. The molecule has 2 atom stereocenters. The van der Waals surface area contributed by atoms with Crippen molar-refractivity contribution in [2.45, 2.75) is 78.5 Å². The predicted molar refractivity (Wildman–Crippen MR) is 82.9 cm³/mol. The van der Waals surface area contributed by atoms with Crippen LogP contribution in [0, 0.1) is 5.92 Å². The Morgan fingerprint density at radius 2 is 1.85 bits per heavy atom. The second kappa shape index (κ2) is 7.30.